The molecule has 2 heterocycles. The van der Waals surface area contributed by atoms with Crippen LogP contribution in [0.25, 0.3) is 16.9 Å². The summed E-state index contributed by atoms with van der Waals surface area (Å²) >= 11 is 0. The van der Waals surface area contributed by atoms with E-state index in [1.165, 1.54) is 0 Å². The van der Waals surface area contributed by atoms with Gasteiger partial charge >= 0.3 is 0 Å². The molecule has 0 radical (unpaired) electrons. The van der Waals surface area contributed by atoms with E-state index in [1.807, 2.05) is 40.8 Å². The predicted molar refractivity (Wildman–Crippen MR) is 72.6 cm³/mol. The number of pyridine rings is 1. The monoisotopic (exact) mass is 252 g/mol. The summed E-state index contributed by atoms with van der Waals surface area (Å²) in [5.74, 6) is 1.54. The van der Waals surface area contributed by atoms with Gasteiger partial charge in [-0.25, -0.2) is 4.98 Å². The van der Waals surface area contributed by atoms with Crippen molar-refractivity contribution in [3.05, 3.63) is 54.4 Å². The molecule has 0 unspecified atom stereocenters. The second-order valence-electron chi connectivity index (χ2n) is 4.14. The first-order chi connectivity index (χ1) is 9.33. The summed E-state index contributed by atoms with van der Waals surface area (Å²) in [6.45, 7) is 0. The third kappa shape index (κ3) is 1.87. The van der Waals surface area contributed by atoms with Crippen LogP contribution in [0.15, 0.2) is 48.7 Å². The number of methoxy groups -OCH3 is 1. The molecule has 19 heavy (non-hydrogen) atoms. The third-order valence-corrected chi connectivity index (χ3v) is 3.05. The van der Waals surface area contributed by atoms with E-state index in [-0.39, 0.29) is 0 Å². The molecule has 3 rings (SSSR count). The van der Waals surface area contributed by atoms with Crippen LogP contribution in [0, 0.1) is 0 Å². The summed E-state index contributed by atoms with van der Waals surface area (Å²) in [7, 11) is 1.63. The van der Waals surface area contributed by atoms with Crippen LogP contribution in [0.3, 0.4) is 0 Å². The van der Waals surface area contributed by atoms with Gasteiger partial charge in [0, 0.05) is 5.56 Å². The van der Waals surface area contributed by atoms with E-state index < -0.39 is 0 Å². The van der Waals surface area contributed by atoms with Gasteiger partial charge in [-0.15, -0.1) is 0 Å². The number of aromatic nitrogens is 2. The molecule has 0 bridgehead atoms. The van der Waals surface area contributed by atoms with E-state index in [9.17, 15) is 4.79 Å². The van der Waals surface area contributed by atoms with Crippen molar-refractivity contribution in [2.45, 2.75) is 0 Å². The molecule has 0 saturated carbocycles. The summed E-state index contributed by atoms with van der Waals surface area (Å²) < 4.78 is 6.98. The lowest BCUT2D eigenvalue weighted by Gasteiger charge is -2.05. The summed E-state index contributed by atoms with van der Waals surface area (Å²) in [5.41, 5.74) is 2.42. The molecule has 94 valence electrons. The van der Waals surface area contributed by atoms with Gasteiger partial charge in [-0.05, 0) is 36.4 Å². The van der Waals surface area contributed by atoms with E-state index in [4.69, 9.17) is 4.74 Å². The zero-order valence-corrected chi connectivity index (χ0v) is 10.4. The second-order valence-corrected chi connectivity index (χ2v) is 4.14. The molecule has 0 atom stereocenters. The van der Waals surface area contributed by atoms with E-state index in [0.29, 0.717) is 5.69 Å². The Labute approximate surface area is 110 Å². The van der Waals surface area contributed by atoms with Crippen LogP contribution < -0.4 is 4.74 Å². The number of hydrogen-bond donors (Lipinski definition) is 0. The van der Waals surface area contributed by atoms with Gasteiger partial charge < -0.3 is 4.74 Å². The van der Waals surface area contributed by atoms with Crippen LogP contribution in [-0.4, -0.2) is 22.8 Å². The molecule has 0 aliphatic rings. The number of fused-ring (bicyclic) bond motifs is 1. The Morgan fingerprint density at radius 2 is 1.95 bits per heavy atom. The summed E-state index contributed by atoms with van der Waals surface area (Å²) in [6.07, 6.45) is 2.59. The smallest absolute Gasteiger partial charge is 0.166 e. The number of carbonyl (C=O) groups is 1. The number of aldehydes is 1. The van der Waals surface area contributed by atoms with Crippen molar-refractivity contribution < 1.29 is 9.53 Å². The molecule has 2 aromatic heterocycles. The van der Waals surface area contributed by atoms with Gasteiger partial charge in [0.25, 0.3) is 0 Å². The van der Waals surface area contributed by atoms with Crippen molar-refractivity contribution in [3.63, 3.8) is 0 Å². The Bertz CT molecular complexity index is 729. The summed E-state index contributed by atoms with van der Waals surface area (Å²) in [5, 5.41) is 0. The number of imidazole rings is 1. The van der Waals surface area contributed by atoms with Crippen molar-refractivity contribution in [2.75, 3.05) is 7.11 Å². The minimum absolute atomic E-state index is 0.584. The van der Waals surface area contributed by atoms with Crippen LogP contribution in [0.4, 0.5) is 0 Å². The quantitative estimate of drug-likeness (QED) is 0.673. The van der Waals surface area contributed by atoms with Crippen LogP contribution in [0.1, 0.15) is 10.5 Å². The molecular formula is C15H12N2O2. The minimum Gasteiger partial charge on any atom is -0.497 e. The fourth-order valence-electron chi connectivity index (χ4n) is 2.11. The SMILES string of the molecule is COc1ccc(-c2ncc3cccc(C=O)n23)cc1. The molecule has 0 amide bonds. The Morgan fingerprint density at radius 3 is 2.63 bits per heavy atom. The molecule has 0 aliphatic carbocycles. The number of rotatable bonds is 3. The summed E-state index contributed by atoms with van der Waals surface area (Å²) in [4.78, 5) is 15.5. The maximum absolute atomic E-state index is 11.1. The average Bonchev–Trinajstić information content (AvgIpc) is 2.91. The van der Waals surface area contributed by atoms with Crippen molar-refractivity contribution >= 4 is 11.8 Å². The highest BCUT2D eigenvalue weighted by Crippen LogP contribution is 2.23. The number of nitrogens with zero attached hydrogens (tertiary/aromatic N) is 2. The van der Waals surface area contributed by atoms with Gasteiger partial charge in [0.2, 0.25) is 0 Å². The Kier molecular flexibility index (Phi) is 2.76. The lowest BCUT2D eigenvalue weighted by atomic mass is 10.2. The molecule has 1 aromatic carbocycles. The van der Waals surface area contributed by atoms with Crippen LogP contribution in [-0.2, 0) is 0 Å². The van der Waals surface area contributed by atoms with Gasteiger partial charge in [-0.3, -0.25) is 9.20 Å². The fourth-order valence-corrected chi connectivity index (χ4v) is 2.11. The molecule has 3 aromatic rings. The Hall–Kier alpha value is -2.62. The van der Waals surface area contributed by atoms with Crippen molar-refractivity contribution in [3.8, 4) is 17.1 Å². The first-order valence-electron chi connectivity index (χ1n) is 5.89. The van der Waals surface area contributed by atoms with E-state index in [2.05, 4.69) is 4.98 Å². The van der Waals surface area contributed by atoms with E-state index in [1.54, 1.807) is 19.4 Å². The lowest BCUT2D eigenvalue weighted by molar-refractivity contribution is 0.111. The first kappa shape index (κ1) is 11.5. The first-order valence-corrected chi connectivity index (χ1v) is 5.89. The molecule has 0 saturated heterocycles. The van der Waals surface area contributed by atoms with Crippen molar-refractivity contribution in [1.29, 1.82) is 0 Å². The zero-order valence-electron chi connectivity index (χ0n) is 10.4. The maximum atomic E-state index is 11.1. The van der Waals surface area contributed by atoms with Gasteiger partial charge in [0.15, 0.2) is 6.29 Å². The molecule has 0 fully saturated rings. The number of ether oxygens (including phenoxy) is 1. The third-order valence-electron chi connectivity index (χ3n) is 3.05. The van der Waals surface area contributed by atoms with Gasteiger partial charge in [0.05, 0.1) is 24.5 Å². The van der Waals surface area contributed by atoms with Gasteiger partial charge in [-0.2, -0.15) is 0 Å². The summed E-state index contributed by atoms with van der Waals surface area (Å²) in [6, 6.07) is 13.1. The number of carbonyl (C=O) groups excluding carboxylic acids is 1. The molecular weight excluding hydrogens is 240 g/mol. The van der Waals surface area contributed by atoms with E-state index >= 15 is 0 Å². The molecule has 0 spiro atoms. The highest BCUT2D eigenvalue weighted by atomic mass is 16.5. The number of benzene rings is 1. The lowest BCUT2D eigenvalue weighted by Crippen LogP contribution is -1.97. The van der Waals surface area contributed by atoms with Crippen LogP contribution in [0.5, 0.6) is 5.75 Å². The van der Waals surface area contributed by atoms with Crippen molar-refractivity contribution in [2.24, 2.45) is 0 Å². The average molecular weight is 252 g/mol. The minimum atomic E-state index is 0.584. The highest BCUT2D eigenvalue weighted by molar-refractivity contribution is 5.77. The molecule has 4 nitrogen and oxygen atoms in total. The molecule has 0 N–H and O–H groups in total. The zero-order chi connectivity index (χ0) is 13.2. The van der Waals surface area contributed by atoms with Crippen molar-refractivity contribution in [1.82, 2.24) is 9.38 Å². The van der Waals surface area contributed by atoms with Gasteiger partial charge in [0.1, 0.15) is 11.6 Å². The largest absolute Gasteiger partial charge is 0.497 e. The Morgan fingerprint density at radius 1 is 1.16 bits per heavy atom. The second kappa shape index (κ2) is 4.57. The number of hydrogen-bond acceptors (Lipinski definition) is 3. The molecule has 0 aliphatic heterocycles. The predicted octanol–water partition coefficient (Wildman–Crippen LogP) is 2.82. The highest BCUT2D eigenvalue weighted by Gasteiger charge is 2.09. The van der Waals surface area contributed by atoms with E-state index in [0.717, 1.165) is 28.9 Å². The topological polar surface area (TPSA) is 43.6 Å². The van der Waals surface area contributed by atoms with Gasteiger partial charge in [-0.1, -0.05) is 6.07 Å². The standard InChI is InChI=1S/C15H12N2O2/c1-19-14-7-5-11(6-8-14)15-16-9-12-3-2-4-13(10-18)17(12)15/h2-10H,1H3. The Balaban J connectivity index is 2.21. The maximum Gasteiger partial charge on any atom is 0.166 e. The fraction of sp³-hybridized carbons (Fsp3) is 0.0667. The molecule has 4 heteroatoms. The normalized spacial score (nSPS) is 10.6. The van der Waals surface area contributed by atoms with Crippen LogP contribution >= 0.6 is 0 Å². The van der Waals surface area contributed by atoms with Crippen LogP contribution in [0.2, 0.25) is 0 Å².